The second kappa shape index (κ2) is 6.06. The number of thiazole rings is 1. The lowest BCUT2D eigenvalue weighted by Crippen LogP contribution is -2.11. The van der Waals surface area contributed by atoms with E-state index in [9.17, 15) is 4.79 Å². The van der Waals surface area contributed by atoms with Crippen LogP contribution in [0.3, 0.4) is 0 Å². The molecule has 0 saturated heterocycles. The van der Waals surface area contributed by atoms with Gasteiger partial charge in [0, 0.05) is 10.9 Å². The Bertz CT molecular complexity index is 987. The number of carbonyl (C=O) groups excluding carboxylic acids is 1. The first kappa shape index (κ1) is 14.9. The SMILES string of the molecule is COc1ccc(-c2csc3nc(NC(=O)c4cccs4)nn23)cc1. The molecule has 0 saturated carbocycles. The predicted octanol–water partition coefficient (Wildman–Crippen LogP) is 3.78. The lowest BCUT2D eigenvalue weighted by molar-refractivity contribution is 0.102. The lowest BCUT2D eigenvalue weighted by Gasteiger charge is -2.02. The monoisotopic (exact) mass is 356 g/mol. The van der Waals surface area contributed by atoms with Crippen molar-refractivity contribution in [2.24, 2.45) is 0 Å². The van der Waals surface area contributed by atoms with Gasteiger partial charge in [-0.2, -0.15) is 4.98 Å². The van der Waals surface area contributed by atoms with Crippen LogP contribution in [0, 0.1) is 0 Å². The summed E-state index contributed by atoms with van der Waals surface area (Å²) in [6.07, 6.45) is 0. The Morgan fingerprint density at radius 3 is 2.75 bits per heavy atom. The molecule has 0 unspecified atom stereocenters. The van der Waals surface area contributed by atoms with Crippen LogP contribution in [0.25, 0.3) is 16.2 Å². The smallest absolute Gasteiger partial charge is 0.268 e. The maximum absolute atomic E-state index is 12.1. The molecule has 4 aromatic rings. The third kappa shape index (κ3) is 2.66. The van der Waals surface area contributed by atoms with E-state index in [1.165, 1.54) is 22.7 Å². The molecule has 0 aliphatic carbocycles. The molecular weight excluding hydrogens is 344 g/mol. The first-order valence-corrected chi connectivity index (χ1v) is 8.84. The number of thiophene rings is 1. The van der Waals surface area contributed by atoms with Crippen LogP contribution >= 0.6 is 22.7 Å². The summed E-state index contributed by atoms with van der Waals surface area (Å²) in [5, 5.41) is 11.0. The summed E-state index contributed by atoms with van der Waals surface area (Å²) in [5.41, 5.74) is 1.92. The molecule has 8 heteroatoms. The molecule has 3 aromatic heterocycles. The van der Waals surface area contributed by atoms with E-state index in [0.717, 1.165) is 22.0 Å². The summed E-state index contributed by atoms with van der Waals surface area (Å²) in [4.78, 5) is 17.8. The molecule has 1 aromatic carbocycles. The Morgan fingerprint density at radius 1 is 1.21 bits per heavy atom. The Labute approximate surface area is 145 Å². The minimum atomic E-state index is -0.200. The number of rotatable bonds is 4. The average molecular weight is 356 g/mol. The second-order valence-corrected chi connectivity index (χ2v) is 6.69. The standard InChI is InChI=1S/C16H12N4O2S2/c1-22-11-6-4-10(5-7-11)12-9-24-16-18-15(19-20(12)16)17-14(21)13-3-2-8-23-13/h2-9H,1H3,(H,17,19,21). The first-order chi connectivity index (χ1) is 11.7. The van der Waals surface area contributed by atoms with Crippen LogP contribution in [-0.4, -0.2) is 27.6 Å². The fourth-order valence-electron chi connectivity index (χ4n) is 2.27. The van der Waals surface area contributed by atoms with Crippen LogP contribution in [-0.2, 0) is 0 Å². The van der Waals surface area contributed by atoms with Gasteiger partial charge in [-0.05, 0) is 35.7 Å². The van der Waals surface area contributed by atoms with Gasteiger partial charge in [0.15, 0.2) is 0 Å². The normalized spacial score (nSPS) is 10.9. The third-order valence-corrected chi connectivity index (χ3v) is 5.12. The molecule has 24 heavy (non-hydrogen) atoms. The number of benzene rings is 1. The van der Waals surface area contributed by atoms with Crippen molar-refractivity contribution < 1.29 is 9.53 Å². The number of carbonyl (C=O) groups is 1. The van der Waals surface area contributed by atoms with Crippen molar-refractivity contribution in [2.45, 2.75) is 0 Å². The zero-order chi connectivity index (χ0) is 16.5. The average Bonchev–Trinajstić information content (AvgIpc) is 3.31. The molecular formula is C16H12N4O2S2. The molecule has 0 aliphatic heterocycles. The van der Waals surface area contributed by atoms with Crippen LogP contribution in [0.1, 0.15) is 9.67 Å². The quantitative estimate of drug-likeness (QED) is 0.604. The summed E-state index contributed by atoms with van der Waals surface area (Å²) in [5.74, 6) is 0.900. The number of hydrogen-bond acceptors (Lipinski definition) is 6. The number of amides is 1. The van der Waals surface area contributed by atoms with Crippen LogP contribution in [0.5, 0.6) is 5.75 Å². The third-order valence-electron chi connectivity index (χ3n) is 3.44. The van der Waals surface area contributed by atoms with Gasteiger partial charge < -0.3 is 4.74 Å². The van der Waals surface area contributed by atoms with Crippen molar-refractivity contribution in [1.82, 2.24) is 14.6 Å². The van der Waals surface area contributed by atoms with E-state index < -0.39 is 0 Å². The molecule has 1 N–H and O–H groups in total. The van der Waals surface area contributed by atoms with Gasteiger partial charge in [0.1, 0.15) is 5.75 Å². The van der Waals surface area contributed by atoms with Crippen molar-refractivity contribution in [3.05, 3.63) is 52.0 Å². The summed E-state index contributed by atoms with van der Waals surface area (Å²) in [7, 11) is 1.64. The number of aromatic nitrogens is 3. The number of anilines is 1. The zero-order valence-corrected chi connectivity index (χ0v) is 14.2. The maximum atomic E-state index is 12.1. The largest absolute Gasteiger partial charge is 0.497 e. The Balaban J connectivity index is 1.64. The van der Waals surface area contributed by atoms with Gasteiger partial charge >= 0.3 is 0 Å². The lowest BCUT2D eigenvalue weighted by atomic mass is 10.2. The minimum absolute atomic E-state index is 0.200. The van der Waals surface area contributed by atoms with Crippen molar-refractivity contribution in [2.75, 3.05) is 12.4 Å². The van der Waals surface area contributed by atoms with E-state index >= 15 is 0 Å². The first-order valence-electron chi connectivity index (χ1n) is 7.08. The van der Waals surface area contributed by atoms with Crippen molar-refractivity contribution >= 4 is 39.5 Å². The van der Waals surface area contributed by atoms with Crippen LogP contribution < -0.4 is 10.1 Å². The van der Waals surface area contributed by atoms with E-state index in [1.807, 2.05) is 41.1 Å². The zero-order valence-electron chi connectivity index (χ0n) is 12.6. The van der Waals surface area contributed by atoms with Crippen molar-refractivity contribution in [1.29, 1.82) is 0 Å². The highest BCUT2D eigenvalue weighted by Crippen LogP contribution is 2.27. The van der Waals surface area contributed by atoms with Crippen molar-refractivity contribution in [3.63, 3.8) is 0 Å². The maximum Gasteiger partial charge on any atom is 0.268 e. The Kier molecular flexibility index (Phi) is 3.75. The van der Waals surface area contributed by atoms with Gasteiger partial charge in [-0.1, -0.05) is 6.07 Å². The highest BCUT2D eigenvalue weighted by atomic mass is 32.1. The van der Waals surface area contributed by atoms with Crippen LogP contribution in [0.4, 0.5) is 5.95 Å². The molecule has 1 amide bonds. The van der Waals surface area contributed by atoms with Crippen LogP contribution in [0.2, 0.25) is 0 Å². The minimum Gasteiger partial charge on any atom is -0.497 e. The van der Waals surface area contributed by atoms with E-state index in [0.29, 0.717) is 10.8 Å². The number of nitrogens with one attached hydrogen (secondary N) is 1. The van der Waals surface area contributed by atoms with E-state index in [4.69, 9.17) is 4.74 Å². The molecule has 0 atom stereocenters. The van der Waals surface area contributed by atoms with Gasteiger partial charge in [-0.15, -0.1) is 27.8 Å². The number of ether oxygens (including phenoxy) is 1. The molecule has 0 aliphatic rings. The molecule has 0 radical (unpaired) electrons. The second-order valence-electron chi connectivity index (χ2n) is 4.91. The topological polar surface area (TPSA) is 68.5 Å². The fourth-order valence-corrected chi connectivity index (χ4v) is 3.72. The van der Waals surface area contributed by atoms with E-state index in [-0.39, 0.29) is 5.91 Å². The molecule has 4 rings (SSSR count). The van der Waals surface area contributed by atoms with Crippen LogP contribution in [0.15, 0.2) is 47.2 Å². The summed E-state index contributed by atoms with van der Waals surface area (Å²) >= 11 is 2.85. The van der Waals surface area contributed by atoms with E-state index in [2.05, 4.69) is 15.4 Å². The Hall–Kier alpha value is -2.71. The molecule has 3 heterocycles. The van der Waals surface area contributed by atoms with E-state index in [1.54, 1.807) is 17.7 Å². The predicted molar refractivity (Wildman–Crippen MR) is 95.1 cm³/mol. The van der Waals surface area contributed by atoms with Gasteiger partial charge in [0.2, 0.25) is 4.96 Å². The molecule has 0 fully saturated rings. The van der Waals surface area contributed by atoms with Crippen molar-refractivity contribution in [3.8, 4) is 17.0 Å². The highest BCUT2D eigenvalue weighted by Gasteiger charge is 2.14. The van der Waals surface area contributed by atoms with Gasteiger partial charge in [0.25, 0.3) is 11.9 Å². The summed E-state index contributed by atoms with van der Waals surface area (Å²) in [6, 6.07) is 11.3. The van der Waals surface area contributed by atoms with Gasteiger partial charge in [-0.25, -0.2) is 4.52 Å². The number of nitrogens with zero attached hydrogens (tertiary/aromatic N) is 3. The fraction of sp³-hybridized carbons (Fsp3) is 0.0625. The summed E-state index contributed by atoms with van der Waals surface area (Å²) in [6.45, 7) is 0. The summed E-state index contributed by atoms with van der Waals surface area (Å²) < 4.78 is 6.91. The Morgan fingerprint density at radius 2 is 2.04 bits per heavy atom. The highest BCUT2D eigenvalue weighted by molar-refractivity contribution is 7.15. The number of hydrogen-bond donors (Lipinski definition) is 1. The van der Waals surface area contributed by atoms with Gasteiger partial charge in [-0.3, -0.25) is 10.1 Å². The number of methoxy groups -OCH3 is 1. The molecule has 0 spiro atoms. The van der Waals surface area contributed by atoms with Gasteiger partial charge in [0.05, 0.1) is 17.7 Å². The number of fused-ring (bicyclic) bond motifs is 1. The molecule has 0 bridgehead atoms. The molecule has 120 valence electrons. The molecule has 6 nitrogen and oxygen atoms in total.